The first kappa shape index (κ1) is 16.9. The molecule has 122 valence electrons. The van der Waals surface area contributed by atoms with E-state index in [1.165, 1.54) is 0 Å². The summed E-state index contributed by atoms with van der Waals surface area (Å²) < 4.78 is 10.6. The highest BCUT2D eigenvalue weighted by Gasteiger charge is 2.25. The third-order valence-electron chi connectivity index (χ3n) is 4.05. The van der Waals surface area contributed by atoms with Crippen LogP contribution in [0.2, 0.25) is 5.02 Å². The average molecular weight is 328 g/mol. The van der Waals surface area contributed by atoms with Gasteiger partial charge in [0.2, 0.25) is 5.91 Å². The number of nitrogens with two attached hydrogens (primary N) is 1. The lowest BCUT2D eigenvalue weighted by atomic mass is 9.96. The number of hydrogen-bond donors (Lipinski definition) is 2. The Kier molecular flexibility index (Phi) is 5.88. The molecule has 1 aliphatic rings. The Morgan fingerprint density at radius 2 is 1.91 bits per heavy atom. The van der Waals surface area contributed by atoms with Gasteiger partial charge in [0.25, 0.3) is 0 Å². The van der Waals surface area contributed by atoms with Gasteiger partial charge in [-0.1, -0.05) is 11.6 Å². The Morgan fingerprint density at radius 3 is 2.45 bits per heavy atom. The second-order valence-corrected chi connectivity index (χ2v) is 5.76. The zero-order chi connectivity index (χ0) is 16.1. The van der Waals surface area contributed by atoms with Gasteiger partial charge in [0, 0.05) is 23.6 Å². The number of amides is 1. The number of carbonyl (C=O) groups is 1. The van der Waals surface area contributed by atoms with Crippen LogP contribution < -0.4 is 20.7 Å². The zero-order valence-electron chi connectivity index (χ0n) is 12.9. The number of ether oxygens (including phenoxy) is 2. The van der Waals surface area contributed by atoms with E-state index in [9.17, 15) is 4.79 Å². The maximum atomic E-state index is 11.5. The zero-order valence-corrected chi connectivity index (χ0v) is 13.7. The molecule has 0 saturated carbocycles. The Bertz CT molecular complexity index is 531. The fourth-order valence-electron chi connectivity index (χ4n) is 2.73. The van der Waals surface area contributed by atoms with Crippen molar-refractivity contribution in [2.45, 2.75) is 19.4 Å². The quantitative estimate of drug-likeness (QED) is 0.487. The van der Waals surface area contributed by atoms with Gasteiger partial charge in [0.15, 0.2) is 11.5 Å². The molecule has 1 aliphatic heterocycles. The number of halogens is 1. The Balaban J connectivity index is 2.01. The van der Waals surface area contributed by atoms with Gasteiger partial charge in [-0.3, -0.25) is 15.1 Å². The van der Waals surface area contributed by atoms with Crippen molar-refractivity contribution in [1.82, 2.24) is 10.3 Å². The summed E-state index contributed by atoms with van der Waals surface area (Å²) in [6, 6.07) is 3.67. The molecule has 0 unspecified atom stereocenters. The minimum absolute atomic E-state index is 0.00197. The van der Waals surface area contributed by atoms with Crippen molar-refractivity contribution in [2.24, 2.45) is 11.8 Å². The first-order valence-corrected chi connectivity index (χ1v) is 7.60. The fraction of sp³-hybridized carbons (Fsp3) is 0.533. The maximum absolute atomic E-state index is 11.5. The number of methoxy groups -OCH3 is 2. The van der Waals surface area contributed by atoms with E-state index in [1.807, 2.05) is 6.07 Å². The van der Waals surface area contributed by atoms with Crippen molar-refractivity contribution in [1.29, 1.82) is 0 Å². The molecule has 0 radical (unpaired) electrons. The number of likely N-dealkylation sites (tertiary alicyclic amines) is 1. The molecule has 0 bridgehead atoms. The average Bonchev–Trinajstić information content (AvgIpc) is 2.56. The van der Waals surface area contributed by atoms with E-state index in [1.54, 1.807) is 20.3 Å². The highest BCUT2D eigenvalue weighted by Crippen LogP contribution is 2.34. The van der Waals surface area contributed by atoms with Crippen LogP contribution >= 0.6 is 11.6 Å². The van der Waals surface area contributed by atoms with E-state index in [0.717, 1.165) is 38.0 Å². The van der Waals surface area contributed by atoms with Gasteiger partial charge >= 0.3 is 0 Å². The predicted octanol–water partition coefficient (Wildman–Crippen LogP) is 1.56. The summed E-state index contributed by atoms with van der Waals surface area (Å²) in [4.78, 5) is 13.8. The number of nitrogens with zero attached hydrogens (tertiary/aromatic N) is 1. The molecule has 1 fully saturated rings. The number of nitrogens with one attached hydrogen (secondary N) is 1. The summed E-state index contributed by atoms with van der Waals surface area (Å²) in [5.41, 5.74) is 3.21. The van der Waals surface area contributed by atoms with Gasteiger partial charge in [0.1, 0.15) is 0 Å². The lowest BCUT2D eigenvalue weighted by molar-refractivity contribution is -0.126. The van der Waals surface area contributed by atoms with Crippen LogP contribution in [-0.4, -0.2) is 38.1 Å². The highest BCUT2D eigenvalue weighted by molar-refractivity contribution is 6.31. The molecule has 22 heavy (non-hydrogen) atoms. The molecular formula is C15H22ClN3O3. The van der Waals surface area contributed by atoms with Gasteiger partial charge in [-0.05, 0) is 37.6 Å². The molecule has 1 amide bonds. The number of hydrazine groups is 1. The third-order valence-corrected chi connectivity index (χ3v) is 4.40. The molecule has 1 aromatic rings. The summed E-state index contributed by atoms with van der Waals surface area (Å²) >= 11 is 6.32. The molecule has 0 aliphatic carbocycles. The van der Waals surface area contributed by atoms with Gasteiger partial charge in [-0.15, -0.1) is 0 Å². The van der Waals surface area contributed by atoms with E-state index in [4.69, 9.17) is 26.9 Å². The first-order valence-electron chi connectivity index (χ1n) is 7.22. The fourth-order valence-corrected chi connectivity index (χ4v) is 2.94. The lowest BCUT2D eigenvalue weighted by Gasteiger charge is -2.31. The molecule has 7 heteroatoms. The van der Waals surface area contributed by atoms with Gasteiger partial charge < -0.3 is 9.47 Å². The SMILES string of the molecule is COc1cc(Cl)c(CN2CCC(C(=O)NN)CC2)cc1OC. The largest absolute Gasteiger partial charge is 0.493 e. The second-order valence-electron chi connectivity index (χ2n) is 5.36. The van der Waals surface area contributed by atoms with Crippen molar-refractivity contribution >= 4 is 17.5 Å². The van der Waals surface area contributed by atoms with Gasteiger partial charge in [-0.2, -0.15) is 0 Å². The van der Waals surface area contributed by atoms with Crippen LogP contribution in [-0.2, 0) is 11.3 Å². The Hall–Kier alpha value is -1.50. The van der Waals surface area contributed by atoms with E-state index >= 15 is 0 Å². The van der Waals surface area contributed by atoms with E-state index in [2.05, 4.69) is 10.3 Å². The van der Waals surface area contributed by atoms with Crippen molar-refractivity contribution in [3.05, 3.63) is 22.7 Å². The van der Waals surface area contributed by atoms with E-state index in [-0.39, 0.29) is 11.8 Å². The molecule has 1 heterocycles. The lowest BCUT2D eigenvalue weighted by Crippen LogP contribution is -2.42. The Morgan fingerprint density at radius 1 is 1.32 bits per heavy atom. The number of benzene rings is 1. The summed E-state index contributed by atoms with van der Waals surface area (Å²) in [5, 5.41) is 0.652. The normalized spacial score (nSPS) is 16.4. The van der Waals surface area contributed by atoms with Crippen molar-refractivity contribution in [3.8, 4) is 11.5 Å². The van der Waals surface area contributed by atoms with Crippen molar-refractivity contribution < 1.29 is 14.3 Å². The van der Waals surface area contributed by atoms with Gasteiger partial charge in [0.05, 0.1) is 14.2 Å². The first-order chi connectivity index (χ1) is 10.6. The van der Waals surface area contributed by atoms with Crippen LogP contribution in [0, 0.1) is 5.92 Å². The number of rotatable bonds is 5. The van der Waals surface area contributed by atoms with Crippen LogP contribution in [0.1, 0.15) is 18.4 Å². The smallest absolute Gasteiger partial charge is 0.237 e. The monoisotopic (exact) mass is 327 g/mol. The third kappa shape index (κ3) is 3.82. The van der Waals surface area contributed by atoms with Gasteiger partial charge in [-0.25, -0.2) is 5.84 Å². The van der Waals surface area contributed by atoms with Crippen LogP contribution in [0.4, 0.5) is 0 Å². The van der Waals surface area contributed by atoms with Crippen LogP contribution in [0.25, 0.3) is 0 Å². The van der Waals surface area contributed by atoms with E-state index < -0.39 is 0 Å². The summed E-state index contributed by atoms with van der Waals surface area (Å²) in [7, 11) is 3.19. The number of carbonyl (C=O) groups excluding carboxylic acids is 1. The van der Waals surface area contributed by atoms with E-state index in [0.29, 0.717) is 16.5 Å². The van der Waals surface area contributed by atoms with Crippen LogP contribution in [0.15, 0.2) is 12.1 Å². The minimum Gasteiger partial charge on any atom is -0.493 e. The Labute approximate surface area is 135 Å². The van der Waals surface area contributed by atoms with Crippen LogP contribution in [0.5, 0.6) is 11.5 Å². The molecule has 1 saturated heterocycles. The molecule has 0 aromatic heterocycles. The van der Waals surface area contributed by atoms with Crippen molar-refractivity contribution in [3.63, 3.8) is 0 Å². The topological polar surface area (TPSA) is 76.8 Å². The summed E-state index contributed by atoms with van der Waals surface area (Å²) in [6.45, 7) is 2.39. The number of piperidine rings is 1. The predicted molar refractivity (Wildman–Crippen MR) is 84.9 cm³/mol. The second kappa shape index (κ2) is 7.67. The maximum Gasteiger partial charge on any atom is 0.237 e. The summed E-state index contributed by atoms with van der Waals surface area (Å²) in [6.07, 6.45) is 1.60. The molecule has 0 atom stereocenters. The number of hydrogen-bond acceptors (Lipinski definition) is 5. The molecule has 3 N–H and O–H groups in total. The molecule has 2 rings (SSSR count). The van der Waals surface area contributed by atoms with Crippen LogP contribution in [0.3, 0.4) is 0 Å². The highest BCUT2D eigenvalue weighted by atomic mass is 35.5. The molecular weight excluding hydrogens is 306 g/mol. The molecule has 0 spiro atoms. The molecule has 1 aromatic carbocycles. The van der Waals surface area contributed by atoms with Crippen molar-refractivity contribution in [2.75, 3.05) is 27.3 Å². The minimum atomic E-state index is -0.0798. The summed E-state index contributed by atoms with van der Waals surface area (Å²) in [5.74, 6) is 6.39. The molecule has 6 nitrogen and oxygen atoms in total. The standard InChI is InChI=1S/C15H22ClN3O3/c1-21-13-7-11(12(16)8-14(13)22-2)9-19-5-3-10(4-6-19)15(20)18-17/h7-8,10H,3-6,9,17H2,1-2H3,(H,18,20).